The van der Waals surface area contributed by atoms with E-state index in [1.54, 1.807) is 6.07 Å². The summed E-state index contributed by atoms with van der Waals surface area (Å²) in [7, 11) is 0. The van der Waals surface area contributed by atoms with Crippen LogP contribution in [0.1, 0.15) is 32.4 Å². The Balaban J connectivity index is 2.80. The van der Waals surface area contributed by atoms with E-state index in [1.807, 2.05) is 5.32 Å². The zero-order chi connectivity index (χ0) is 14.6. The number of benzene rings is 1. The number of quaternary nitrogens is 1. The van der Waals surface area contributed by atoms with Gasteiger partial charge in [0, 0.05) is 0 Å². The topological polar surface area (TPSA) is 112 Å². The third kappa shape index (κ3) is 5.15. The maximum absolute atomic E-state index is 10.8. The second-order valence-electron chi connectivity index (χ2n) is 5.59. The molecular weight excluding hydrogens is 246 g/mol. The number of carbonyl (C=O) groups excluding carboxylic acids is 1. The van der Waals surface area contributed by atoms with Gasteiger partial charge in [-0.05, 0) is 38.5 Å². The first-order chi connectivity index (χ1) is 8.69. The molecule has 19 heavy (non-hydrogen) atoms. The van der Waals surface area contributed by atoms with Crippen LogP contribution in [0.15, 0.2) is 18.2 Å². The van der Waals surface area contributed by atoms with Crippen LogP contribution in [-0.2, 0) is 0 Å². The molecule has 0 saturated carbocycles. The van der Waals surface area contributed by atoms with Crippen molar-refractivity contribution >= 4 is 11.7 Å². The molecule has 0 aliphatic carbocycles. The van der Waals surface area contributed by atoms with E-state index < -0.39 is 12.1 Å². The fraction of sp³-hybridized carbons (Fsp3) is 0.462. The molecule has 0 aliphatic heterocycles. The molecule has 1 atom stereocenters. The van der Waals surface area contributed by atoms with Crippen molar-refractivity contribution in [2.45, 2.75) is 32.4 Å². The van der Waals surface area contributed by atoms with Crippen molar-refractivity contribution in [1.29, 1.82) is 0 Å². The Morgan fingerprint density at radius 3 is 2.63 bits per heavy atom. The Hall–Kier alpha value is -1.79. The minimum atomic E-state index is -0.761. The molecule has 0 aliphatic rings. The number of primary amides is 1. The number of hydrogen-bond donors (Lipinski definition) is 5. The third-order valence-electron chi connectivity index (χ3n) is 2.62. The number of amides is 2. The van der Waals surface area contributed by atoms with Gasteiger partial charge in [0.15, 0.2) is 0 Å². The molecule has 0 saturated heterocycles. The standard InChI is InChI=1S/C13H21N3O3/c1-13(2,3)15-7-11(18)8-4-5-10(17)9(6-8)16-12(14)19/h4-6,11,15,17-18H,7H2,1-3H3,(H3,14,16,19)/p+1. The number of rotatable bonds is 4. The molecule has 0 heterocycles. The number of urea groups is 1. The molecule has 0 aromatic heterocycles. The van der Waals surface area contributed by atoms with Gasteiger partial charge in [0.1, 0.15) is 18.4 Å². The van der Waals surface area contributed by atoms with E-state index in [1.165, 1.54) is 12.1 Å². The molecular formula is C13H22N3O3+. The lowest BCUT2D eigenvalue weighted by Crippen LogP contribution is -2.95. The number of aliphatic hydroxyl groups is 1. The van der Waals surface area contributed by atoms with Crippen molar-refractivity contribution in [2.24, 2.45) is 5.73 Å². The molecule has 0 bridgehead atoms. The predicted molar refractivity (Wildman–Crippen MR) is 72.8 cm³/mol. The zero-order valence-corrected chi connectivity index (χ0v) is 11.5. The van der Waals surface area contributed by atoms with E-state index in [0.29, 0.717) is 12.1 Å². The minimum absolute atomic E-state index is 0.0200. The van der Waals surface area contributed by atoms with Crippen LogP contribution in [0.25, 0.3) is 0 Å². The fourth-order valence-corrected chi connectivity index (χ4v) is 1.60. The number of hydrogen-bond acceptors (Lipinski definition) is 3. The lowest BCUT2D eigenvalue weighted by molar-refractivity contribution is -0.722. The summed E-state index contributed by atoms with van der Waals surface area (Å²) >= 11 is 0. The number of phenols is 1. The normalized spacial score (nSPS) is 13.1. The molecule has 1 aromatic rings. The number of carbonyl (C=O) groups is 1. The molecule has 1 rings (SSSR count). The van der Waals surface area contributed by atoms with Crippen molar-refractivity contribution in [1.82, 2.24) is 0 Å². The summed E-state index contributed by atoms with van der Waals surface area (Å²) in [6, 6.07) is 3.79. The van der Waals surface area contributed by atoms with Crippen LogP contribution in [0.5, 0.6) is 5.75 Å². The molecule has 6 nitrogen and oxygen atoms in total. The van der Waals surface area contributed by atoms with Gasteiger partial charge in [-0.1, -0.05) is 6.07 Å². The third-order valence-corrected chi connectivity index (χ3v) is 2.62. The van der Waals surface area contributed by atoms with E-state index in [0.717, 1.165) is 0 Å². The van der Waals surface area contributed by atoms with Crippen molar-refractivity contribution in [3.63, 3.8) is 0 Å². The second-order valence-corrected chi connectivity index (χ2v) is 5.59. The van der Waals surface area contributed by atoms with Gasteiger partial charge < -0.3 is 26.6 Å². The average molecular weight is 268 g/mol. The van der Waals surface area contributed by atoms with Crippen LogP contribution in [0.4, 0.5) is 10.5 Å². The number of aliphatic hydroxyl groups excluding tert-OH is 1. The van der Waals surface area contributed by atoms with Gasteiger partial charge in [0.05, 0.1) is 11.2 Å². The summed E-state index contributed by atoms with van der Waals surface area (Å²) in [5, 5.41) is 24.0. The molecule has 7 N–H and O–H groups in total. The molecule has 1 aromatic carbocycles. The highest BCUT2D eigenvalue weighted by Gasteiger charge is 2.18. The number of aromatic hydroxyl groups is 1. The van der Waals surface area contributed by atoms with Gasteiger partial charge in [0.25, 0.3) is 0 Å². The van der Waals surface area contributed by atoms with Gasteiger partial charge in [-0.25, -0.2) is 4.79 Å². The van der Waals surface area contributed by atoms with Crippen molar-refractivity contribution < 1.29 is 20.3 Å². The first-order valence-electron chi connectivity index (χ1n) is 6.11. The minimum Gasteiger partial charge on any atom is -0.506 e. The van der Waals surface area contributed by atoms with E-state index in [4.69, 9.17) is 5.73 Å². The van der Waals surface area contributed by atoms with Crippen LogP contribution in [-0.4, -0.2) is 28.3 Å². The SMILES string of the molecule is CC(C)(C)[NH2+]CC(O)c1ccc(O)c(NC(N)=O)c1. The van der Waals surface area contributed by atoms with Gasteiger partial charge in [-0.2, -0.15) is 0 Å². The van der Waals surface area contributed by atoms with Gasteiger partial charge in [-0.15, -0.1) is 0 Å². The van der Waals surface area contributed by atoms with Gasteiger partial charge >= 0.3 is 6.03 Å². The Kier molecular flexibility index (Phi) is 4.74. The summed E-state index contributed by atoms with van der Waals surface area (Å²) in [6.07, 6.45) is -0.687. The van der Waals surface area contributed by atoms with E-state index >= 15 is 0 Å². The van der Waals surface area contributed by atoms with Crippen LogP contribution in [0.3, 0.4) is 0 Å². The maximum Gasteiger partial charge on any atom is 0.316 e. The molecule has 2 amide bonds. The van der Waals surface area contributed by atoms with Crippen molar-refractivity contribution in [3.8, 4) is 5.75 Å². The largest absolute Gasteiger partial charge is 0.506 e. The highest BCUT2D eigenvalue weighted by Crippen LogP contribution is 2.26. The first-order valence-corrected chi connectivity index (χ1v) is 6.11. The van der Waals surface area contributed by atoms with E-state index in [9.17, 15) is 15.0 Å². The van der Waals surface area contributed by atoms with Crippen molar-refractivity contribution in [2.75, 3.05) is 11.9 Å². The Morgan fingerprint density at radius 2 is 2.11 bits per heavy atom. The van der Waals surface area contributed by atoms with E-state index in [-0.39, 0.29) is 17.0 Å². The molecule has 6 heteroatoms. The summed E-state index contributed by atoms with van der Waals surface area (Å²) < 4.78 is 0. The van der Waals surface area contributed by atoms with Crippen LogP contribution in [0.2, 0.25) is 0 Å². The molecule has 1 unspecified atom stereocenters. The zero-order valence-electron chi connectivity index (χ0n) is 11.5. The Bertz CT molecular complexity index is 455. The monoisotopic (exact) mass is 268 g/mol. The highest BCUT2D eigenvalue weighted by atomic mass is 16.3. The van der Waals surface area contributed by atoms with Gasteiger partial charge in [-0.3, -0.25) is 0 Å². The second kappa shape index (κ2) is 5.90. The van der Waals surface area contributed by atoms with Crippen LogP contribution < -0.4 is 16.4 Å². The Morgan fingerprint density at radius 1 is 1.47 bits per heavy atom. The van der Waals surface area contributed by atoms with E-state index in [2.05, 4.69) is 26.1 Å². The summed E-state index contributed by atoms with van der Waals surface area (Å²) in [6.45, 7) is 6.65. The summed E-state index contributed by atoms with van der Waals surface area (Å²) in [5.74, 6) is -0.0884. The lowest BCUT2D eigenvalue weighted by atomic mass is 10.1. The number of phenolic OH excluding ortho intramolecular Hbond substituents is 1. The molecule has 0 radical (unpaired) electrons. The number of anilines is 1. The smallest absolute Gasteiger partial charge is 0.316 e. The lowest BCUT2D eigenvalue weighted by Gasteiger charge is -2.20. The molecule has 0 fully saturated rings. The summed E-state index contributed by atoms with van der Waals surface area (Å²) in [5.41, 5.74) is 5.83. The first kappa shape index (κ1) is 15.3. The maximum atomic E-state index is 10.8. The predicted octanol–water partition coefficient (Wildman–Crippen LogP) is 0.278. The Labute approximate surface area is 112 Å². The average Bonchev–Trinajstić information content (AvgIpc) is 2.27. The fourth-order valence-electron chi connectivity index (χ4n) is 1.60. The molecule has 0 spiro atoms. The quantitative estimate of drug-likeness (QED) is 0.505. The number of nitrogens with one attached hydrogen (secondary N) is 1. The highest BCUT2D eigenvalue weighted by molar-refractivity contribution is 5.89. The molecule has 106 valence electrons. The number of nitrogens with two attached hydrogens (primary N) is 2. The van der Waals surface area contributed by atoms with Crippen LogP contribution in [0, 0.1) is 0 Å². The van der Waals surface area contributed by atoms with Crippen LogP contribution >= 0.6 is 0 Å². The van der Waals surface area contributed by atoms with Crippen molar-refractivity contribution in [3.05, 3.63) is 23.8 Å². The van der Waals surface area contributed by atoms with Gasteiger partial charge in [0.2, 0.25) is 0 Å². The summed E-state index contributed by atoms with van der Waals surface area (Å²) in [4.78, 5) is 10.8.